The summed E-state index contributed by atoms with van der Waals surface area (Å²) in [6, 6.07) is 0. The Morgan fingerprint density at radius 3 is 0.483 bits per heavy atom. The van der Waals surface area contributed by atoms with Crippen molar-refractivity contribution in [1.29, 1.82) is 0 Å². The van der Waals surface area contributed by atoms with Gasteiger partial charge in [-0.3, -0.25) is 0 Å². The first kappa shape index (κ1) is 40.1. The van der Waals surface area contributed by atoms with Gasteiger partial charge in [0, 0.05) is 0 Å². The summed E-state index contributed by atoms with van der Waals surface area (Å²) in [6.45, 7) is 25.6. The Labute approximate surface area is 206 Å². The zero-order valence-corrected chi connectivity index (χ0v) is 25.6. The Balaban J connectivity index is -0.0000000873. The van der Waals surface area contributed by atoms with Crippen LogP contribution in [-0.2, 0) is 26.2 Å². The van der Waals surface area contributed by atoms with Crippen molar-refractivity contribution in [3.05, 3.63) is 21.3 Å². The van der Waals surface area contributed by atoms with Gasteiger partial charge in [-0.1, -0.05) is 109 Å². The average molecular weight is 492 g/mol. The first-order valence-electron chi connectivity index (χ1n) is 10.9. The molecule has 0 spiro atoms. The maximum absolute atomic E-state index is 4.14. The van der Waals surface area contributed by atoms with E-state index in [1.54, 1.807) is 0 Å². The molecule has 0 fully saturated rings. The quantitative estimate of drug-likeness (QED) is 0.326. The number of rotatable bonds is 8. The summed E-state index contributed by atoms with van der Waals surface area (Å²) in [6.07, 6.45) is 4.51. The van der Waals surface area contributed by atoms with Gasteiger partial charge in [-0.25, -0.2) is 0 Å². The predicted octanol–water partition coefficient (Wildman–Crippen LogP) is 8.71. The number of nitrogens with zero attached hydrogens (tertiary/aromatic N) is 4. The molecule has 0 N–H and O–H groups in total. The molecule has 0 amide bonds. The van der Waals surface area contributed by atoms with Crippen LogP contribution in [0.3, 0.4) is 0 Å². The van der Waals surface area contributed by atoms with Crippen LogP contribution in [0.15, 0.2) is 0 Å². The van der Waals surface area contributed by atoms with Crippen molar-refractivity contribution in [2.75, 3.05) is 28.2 Å². The summed E-state index contributed by atoms with van der Waals surface area (Å²) >= 11 is 0. The van der Waals surface area contributed by atoms with E-state index in [9.17, 15) is 0 Å². The second kappa shape index (κ2) is 20.6. The topological polar surface area (TPSA) is 56.4 Å². The predicted molar refractivity (Wildman–Crippen MR) is 135 cm³/mol. The van der Waals surface area contributed by atoms with Crippen LogP contribution in [-0.4, -0.2) is 50.3 Å². The Bertz CT molecular complexity index is 239. The average Bonchev–Trinajstić information content (AvgIpc) is 2.69. The summed E-state index contributed by atoms with van der Waals surface area (Å²) in [5.41, 5.74) is 0.833. The van der Waals surface area contributed by atoms with Crippen molar-refractivity contribution >= 4 is 0 Å². The molecular formula is C24H56N4Zr. The van der Waals surface area contributed by atoms with Gasteiger partial charge in [-0.2, -0.15) is 28.2 Å². The third kappa shape index (κ3) is 33.6. The molecular weight excluding hydrogens is 436 g/mol. The molecule has 0 rings (SSSR count). The van der Waals surface area contributed by atoms with Crippen LogP contribution in [0.5, 0.6) is 0 Å². The minimum atomic E-state index is 0. The van der Waals surface area contributed by atoms with E-state index < -0.39 is 0 Å². The van der Waals surface area contributed by atoms with Gasteiger partial charge in [-0.15, -0.1) is 22.2 Å². The Hall–Kier alpha value is 0.723. The largest absolute Gasteiger partial charge is 4.00 e. The number of hydrogen-bond acceptors (Lipinski definition) is 0. The van der Waals surface area contributed by atoms with Crippen molar-refractivity contribution < 1.29 is 26.2 Å². The minimum Gasteiger partial charge on any atom is -0.660 e. The van der Waals surface area contributed by atoms with E-state index in [2.05, 4.69) is 104 Å². The van der Waals surface area contributed by atoms with E-state index in [-0.39, 0.29) is 48.4 Å². The second-order valence-electron chi connectivity index (χ2n) is 9.56. The van der Waals surface area contributed by atoms with E-state index in [4.69, 9.17) is 0 Å². The Morgan fingerprint density at radius 1 is 0.379 bits per heavy atom. The van der Waals surface area contributed by atoms with Crippen molar-refractivity contribution in [2.24, 2.45) is 0 Å². The van der Waals surface area contributed by atoms with Gasteiger partial charge in [0.25, 0.3) is 0 Å². The molecule has 0 aromatic carbocycles. The van der Waals surface area contributed by atoms with E-state index in [0.717, 1.165) is 25.7 Å². The molecule has 0 heterocycles. The van der Waals surface area contributed by atoms with E-state index >= 15 is 0 Å². The Morgan fingerprint density at radius 2 is 0.483 bits per heavy atom. The standard InChI is InChI=1S/4C6H14N.Zr/c4*1-5-6(2,3)7-4;/h4*5H2,1-4H3;/q4*-1;+4. The first-order valence-corrected chi connectivity index (χ1v) is 10.9. The summed E-state index contributed by atoms with van der Waals surface area (Å²) in [4.78, 5) is 0. The minimum absolute atomic E-state index is 0. The Kier molecular flexibility index (Phi) is 28.5. The number of hydrogen-bond donors (Lipinski definition) is 0. The van der Waals surface area contributed by atoms with Gasteiger partial charge < -0.3 is 21.3 Å². The van der Waals surface area contributed by atoms with Crippen LogP contribution in [0.4, 0.5) is 0 Å². The van der Waals surface area contributed by atoms with Gasteiger partial charge in [-0.05, 0) is 0 Å². The van der Waals surface area contributed by atoms with Gasteiger partial charge in [0.1, 0.15) is 0 Å². The van der Waals surface area contributed by atoms with Gasteiger partial charge >= 0.3 is 26.2 Å². The van der Waals surface area contributed by atoms with Crippen LogP contribution in [0.1, 0.15) is 109 Å². The monoisotopic (exact) mass is 490 g/mol. The zero-order chi connectivity index (χ0) is 23.7. The molecule has 176 valence electrons. The normalized spacial score (nSPS) is 11.6. The van der Waals surface area contributed by atoms with E-state index in [1.807, 2.05) is 28.2 Å². The molecule has 0 aliphatic rings. The van der Waals surface area contributed by atoms with Crippen LogP contribution in [0.2, 0.25) is 0 Å². The van der Waals surface area contributed by atoms with Crippen molar-refractivity contribution in [2.45, 2.75) is 131 Å². The van der Waals surface area contributed by atoms with Crippen LogP contribution < -0.4 is 0 Å². The maximum atomic E-state index is 4.14. The summed E-state index contributed by atoms with van der Waals surface area (Å²) < 4.78 is 0. The zero-order valence-electron chi connectivity index (χ0n) is 23.1. The third-order valence-corrected chi connectivity index (χ3v) is 5.88. The molecule has 0 radical (unpaired) electrons. The summed E-state index contributed by atoms with van der Waals surface area (Å²) in [5, 5.41) is 16.6. The molecule has 0 aliphatic carbocycles. The third-order valence-electron chi connectivity index (χ3n) is 5.88. The van der Waals surface area contributed by atoms with Crippen molar-refractivity contribution in [1.82, 2.24) is 0 Å². The second-order valence-corrected chi connectivity index (χ2v) is 9.56. The smallest absolute Gasteiger partial charge is 0.660 e. The molecule has 0 aromatic heterocycles. The molecule has 0 saturated heterocycles. The molecule has 29 heavy (non-hydrogen) atoms. The van der Waals surface area contributed by atoms with E-state index in [1.165, 1.54) is 0 Å². The molecule has 5 heteroatoms. The van der Waals surface area contributed by atoms with Crippen molar-refractivity contribution in [3.63, 3.8) is 0 Å². The summed E-state index contributed by atoms with van der Waals surface area (Å²) in [5.74, 6) is 0. The molecule has 0 aromatic rings. The van der Waals surface area contributed by atoms with Crippen molar-refractivity contribution in [3.8, 4) is 0 Å². The van der Waals surface area contributed by atoms with E-state index in [0.29, 0.717) is 0 Å². The molecule has 0 atom stereocenters. The fraction of sp³-hybridized carbons (Fsp3) is 1.00. The van der Waals surface area contributed by atoms with Crippen LogP contribution in [0, 0.1) is 0 Å². The molecule has 0 saturated carbocycles. The van der Waals surface area contributed by atoms with Crippen LogP contribution in [0.25, 0.3) is 21.3 Å². The molecule has 0 aliphatic heterocycles. The van der Waals surface area contributed by atoms with Gasteiger partial charge in [0.15, 0.2) is 0 Å². The van der Waals surface area contributed by atoms with Gasteiger partial charge in [0.2, 0.25) is 0 Å². The fourth-order valence-electron chi connectivity index (χ4n) is 0.632. The molecule has 4 nitrogen and oxygen atoms in total. The van der Waals surface area contributed by atoms with Gasteiger partial charge in [0.05, 0.1) is 0 Å². The first-order chi connectivity index (χ1) is 12.5. The fourth-order valence-corrected chi connectivity index (χ4v) is 0.632. The molecule has 0 bridgehead atoms. The summed E-state index contributed by atoms with van der Waals surface area (Å²) in [7, 11) is 7.46. The molecule has 0 unspecified atom stereocenters. The maximum Gasteiger partial charge on any atom is 4.00 e. The SMILES string of the molecule is CCC(C)(C)[N-]C.CCC(C)(C)[N-]C.CCC(C)(C)[N-]C.CCC(C)(C)[N-]C.[Zr+4]. The van der Waals surface area contributed by atoms with Crippen LogP contribution >= 0.6 is 0 Å².